The highest BCUT2D eigenvalue weighted by atomic mass is 14.6. The molecule has 1 saturated carbocycles. The highest BCUT2D eigenvalue weighted by Crippen LogP contribution is 2.49. The topological polar surface area (TPSA) is 49.8 Å². The maximum absolute atomic E-state index is 8.69. The highest BCUT2D eigenvalue weighted by Gasteiger charge is 2.39. The summed E-state index contributed by atoms with van der Waals surface area (Å²) in [5, 5.41) is 8.69. The van der Waals surface area contributed by atoms with Gasteiger partial charge >= 0.3 is 0 Å². The van der Waals surface area contributed by atoms with Crippen LogP contribution in [-0.2, 0) is 0 Å². The molecule has 78 valence electrons. The second kappa shape index (κ2) is 3.67. The van der Waals surface area contributed by atoms with E-state index < -0.39 is 0 Å². The minimum atomic E-state index is 0.346. The zero-order valence-corrected chi connectivity index (χ0v) is 9.03. The van der Waals surface area contributed by atoms with Gasteiger partial charge in [0.15, 0.2) is 0 Å². The molecule has 0 aromatic heterocycles. The average Bonchev–Trinajstić information content (AvgIpc) is 2.25. The molecule has 2 N–H and O–H groups in total. The Morgan fingerprint density at radius 2 is 2.00 bits per heavy atom. The van der Waals surface area contributed by atoms with Gasteiger partial charge < -0.3 is 5.73 Å². The maximum atomic E-state index is 8.69. The van der Waals surface area contributed by atoms with Crippen LogP contribution < -0.4 is 5.73 Å². The van der Waals surface area contributed by atoms with Crippen LogP contribution in [0.2, 0.25) is 0 Å². The van der Waals surface area contributed by atoms with Gasteiger partial charge in [0.25, 0.3) is 0 Å². The van der Waals surface area contributed by atoms with E-state index in [1.807, 2.05) is 12.1 Å². The third-order valence-electron chi connectivity index (χ3n) is 3.48. The van der Waals surface area contributed by atoms with Crippen molar-refractivity contribution in [2.24, 2.45) is 11.1 Å². The molecule has 0 bridgehead atoms. The fourth-order valence-electron chi connectivity index (χ4n) is 2.36. The molecule has 2 nitrogen and oxygen atoms in total. The molecule has 0 heterocycles. The van der Waals surface area contributed by atoms with Crippen LogP contribution in [-0.4, -0.2) is 6.54 Å². The largest absolute Gasteiger partial charge is 0.330 e. The standard InChI is InChI=1S/C13H16N2/c1-13(9-15)6-12(7-13)11-4-2-10(8-14)3-5-11/h2-5,12H,6-7,9,15H2,1H3. The molecule has 1 aromatic carbocycles. The minimum Gasteiger partial charge on any atom is -0.330 e. The second-order valence-electron chi connectivity index (χ2n) is 4.85. The number of benzene rings is 1. The third kappa shape index (κ3) is 1.88. The average molecular weight is 200 g/mol. The zero-order chi connectivity index (χ0) is 10.9. The summed E-state index contributed by atoms with van der Waals surface area (Å²) in [6.45, 7) is 3.02. The van der Waals surface area contributed by atoms with E-state index in [1.54, 1.807) is 0 Å². The van der Waals surface area contributed by atoms with Gasteiger partial charge in [-0.05, 0) is 48.4 Å². The van der Waals surface area contributed by atoms with Crippen molar-refractivity contribution in [1.29, 1.82) is 5.26 Å². The predicted octanol–water partition coefficient (Wildman–Crippen LogP) is 2.40. The Hall–Kier alpha value is -1.33. The van der Waals surface area contributed by atoms with E-state index in [2.05, 4.69) is 25.1 Å². The highest BCUT2D eigenvalue weighted by molar-refractivity contribution is 5.34. The molecule has 0 radical (unpaired) electrons. The van der Waals surface area contributed by atoms with Crippen molar-refractivity contribution in [3.63, 3.8) is 0 Å². The lowest BCUT2D eigenvalue weighted by Crippen LogP contribution is -2.39. The van der Waals surface area contributed by atoms with Crippen molar-refractivity contribution in [1.82, 2.24) is 0 Å². The molecule has 0 amide bonds. The molecule has 15 heavy (non-hydrogen) atoms. The van der Waals surface area contributed by atoms with Gasteiger partial charge in [0.2, 0.25) is 0 Å². The second-order valence-corrected chi connectivity index (χ2v) is 4.85. The van der Waals surface area contributed by atoms with Crippen molar-refractivity contribution >= 4 is 0 Å². The number of nitrogens with two attached hydrogens (primary N) is 1. The first-order valence-corrected chi connectivity index (χ1v) is 5.37. The van der Waals surface area contributed by atoms with E-state index in [4.69, 9.17) is 11.0 Å². The molecule has 1 aromatic rings. The molecule has 0 unspecified atom stereocenters. The number of rotatable bonds is 2. The molecule has 0 atom stereocenters. The molecule has 0 aliphatic heterocycles. The molecule has 0 spiro atoms. The van der Waals surface area contributed by atoms with Crippen molar-refractivity contribution in [2.75, 3.05) is 6.54 Å². The van der Waals surface area contributed by atoms with Crippen LogP contribution in [0, 0.1) is 16.7 Å². The lowest BCUT2D eigenvalue weighted by molar-refractivity contribution is 0.136. The van der Waals surface area contributed by atoms with Crippen LogP contribution in [0.4, 0.5) is 0 Å². The number of nitrogens with zero attached hydrogens (tertiary/aromatic N) is 1. The lowest BCUT2D eigenvalue weighted by Gasteiger charge is -2.45. The molecule has 0 saturated heterocycles. The van der Waals surface area contributed by atoms with Gasteiger partial charge in [-0.1, -0.05) is 19.1 Å². The normalized spacial score (nSPS) is 29.3. The maximum Gasteiger partial charge on any atom is 0.0991 e. The van der Waals surface area contributed by atoms with Crippen LogP contribution in [0.3, 0.4) is 0 Å². The van der Waals surface area contributed by atoms with Crippen LogP contribution in [0.15, 0.2) is 24.3 Å². The Kier molecular flexibility index (Phi) is 2.50. The van der Waals surface area contributed by atoms with E-state index in [-0.39, 0.29) is 0 Å². The summed E-state index contributed by atoms with van der Waals surface area (Å²) in [4.78, 5) is 0. The monoisotopic (exact) mass is 200 g/mol. The first kappa shape index (κ1) is 10.2. The van der Waals surface area contributed by atoms with Gasteiger partial charge in [-0.2, -0.15) is 5.26 Å². The van der Waals surface area contributed by atoms with Crippen molar-refractivity contribution in [3.8, 4) is 6.07 Å². The van der Waals surface area contributed by atoms with Gasteiger partial charge in [0.05, 0.1) is 11.6 Å². The summed E-state index contributed by atoms with van der Waals surface area (Å²) in [6, 6.07) is 10.1. The number of nitriles is 1. The Morgan fingerprint density at radius 3 is 2.47 bits per heavy atom. The van der Waals surface area contributed by atoms with Gasteiger partial charge in [0, 0.05) is 0 Å². The fraction of sp³-hybridized carbons (Fsp3) is 0.462. The molecule has 1 fully saturated rings. The predicted molar refractivity (Wildman–Crippen MR) is 60.3 cm³/mol. The van der Waals surface area contributed by atoms with Gasteiger partial charge in [0.1, 0.15) is 0 Å². The summed E-state index contributed by atoms with van der Waals surface area (Å²) < 4.78 is 0. The Morgan fingerprint density at radius 1 is 1.40 bits per heavy atom. The lowest BCUT2D eigenvalue weighted by atomic mass is 9.61. The number of hydrogen-bond acceptors (Lipinski definition) is 2. The quantitative estimate of drug-likeness (QED) is 0.797. The van der Waals surface area contributed by atoms with Crippen molar-refractivity contribution in [3.05, 3.63) is 35.4 Å². The molecular weight excluding hydrogens is 184 g/mol. The van der Waals surface area contributed by atoms with Crippen LogP contribution >= 0.6 is 0 Å². The van der Waals surface area contributed by atoms with E-state index in [0.29, 0.717) is 11.3 Å². The summed E-state index contributed by atoms with van der Waals surface area (Å²) in [5.41, 5.74) is 8.14. The summed E-state index contributed by atoms with van der Waals surface area (Å²) in [6.07, 6.45) is 2.35. The van der Waals surface area contributed by atoms with Gasteiger partial charge in [-0.3, -0.25) is 0 Å². The smallest absolute Gasteiger partial charge is 0.0991 e. The Labute approximate surface area is 90.7 Å². The van der Waals surface area contributed by atoms with Crippen molar-refractivity contribution in [2.45, 2.75) is 25.7 Å². The van der Waals surface area contributed by atoms with Gasteiger partial charge in [-0.15, -0.1) is 0 Å². The Bertz CT molecular complexity index is 380. The summed E-state index contributed by atoms with van der Waals surface area (Å²) >= 11 is 0. The summed E-state index contributed by atoms with van der Waals surface area (Å²) in [5.74, 6) is 0.645. The first-order valence-electron chi connectivity index (χ1n) is 5.37. The van der Waals surface area contributed by atoms with Crippen LogP contribution in [0.1, 0.15) is 36.8 Å². The van der Waals surface area contributed by atoms with E-state index >= 15 is 0 Å². The van der Waals surface area contributed by atoms with Crippen LogP contribution in [0.25, 0.3) is 0 Å². The van der Waals surface area contributed by atoms with Gasteiger partial charge in [-0.25, -0.2) is 0 Å². The Balaban J connectivity index is 2.05. The minimum absolute atomic E-state index is 0.346. The van der Waals surface area contributed by atoms with E-state index in [9.17, 15) is 0 Å². The fourth-order valence-corrected chi connectivity index (χ4v) is 2.36. The van der Waals surface area contributed by atoms with Crippen LogP contribution in [0.5, 0.6) is 0 Å². The molecule has 2 rings (SSSR count). The zero-order valence-electron chi connectivity index (χ0n) is 9.03. The molecule has 1 aliphatic rings. The SMILES string of the molecule is CC1(CN)CC(c2ccc(C#N)cc2)C1. The van der Waals surface area contributed by atoms with E-state index in [0.717, 1.165) is 12.1 Å². The number of hydrogen-bond donors (Lipinski definition) is 1. The summed E-state index contributed by atoms with van der Waals surface area (Å²) in [7, 11) is 0. The molecular formula is C13H16N2. The molecule has 1 aliphatic carbocycles. The third-order valence-corrected chi connectivity index (χ3v) is 3.48. The van der Waals surface area contributed by atoms with Crippen molar-refractivity contribution < 1.29 is 0 Å². The first-order chi connectivity index (χ1) is 7.17. The molecule has 2 heteroatoms. The van der Waals surface area contributed by atoms with E-state index in [1.165, 1.54) is 18.4 Å².